The average Bonchev–Trinajstić information content (AvgIpc) is 2.74. The summed E-state index contributed by atoms with van der Waals surface area (Å²) in [6.45, 7) is 2.07. The molecular formula is C23H21NO4. The highest BCUT2D eigenvalue weighted by molar-refractivity contribution is 5.98. The van der Waals surface area contributed by atoms with Crippen molar-refractivity contribution in [2.75, 3.05) is 18.5 Å². The minimum absolute atomic E-state index is 0.362. The summed E-state index contributed by atoms with van der Waals surface area (Å²) >= 11 is 0. The minimum atomic E-state index is -0.561. The number of hydrogen-bond donors (Lipinski definition) is 1. The van der Waals surface area contributed by atoms with E-state index in [1.54, 1.807) is 24.3 Å². The number of carbonyl (C=O) groups excluding carboxylic acids is 2. The van der Waals surface area contributed by atoms with Crippen molar-refractivity contribution in [1.29, 1.82) is 0 Å². The van der Waals surface area contributed by atoms with Gasteiger partial charge in [-0.1, -0.05) is 48.5 Å². The smallest absolute Gasteiger partial charge is 0.338 e. The Labute approximate surface area is 163 Å². The number of carbonyl (C=O) groups is 2. The molecule has 0 atom stereocenters. The predicted octanol–water partition coefficient (Wildman–Crippen LogP) is 4.55. The van der Waals surface area contributed by atoms with E-state index in [4.69, 9.17) is 9.47 Å². The van der Waals surface area contributed by atoms with Crippen molar-refractivity contribution in [1.82, 2.24) is 0 Å². The summed E-state index contributed by atoms with van der Waals surface area (Å²) in [7, 11) is 0. The van der Waals surface area contributed by atoms with E-state index in [0.717, 1.165) is 11.1 Å². The molecule has 0 unspecified atom stereocenters. The summed E-state index contributed by atoms with van der Waals surface area (Å²) in [5.74, 6) is -0.286. The number of nitrogens with one attached hydrogen (secondary N) is 1. The maximum Gasteiger partial charge on any atom is 0.338 e. The Bertz CT molecular complexity index is 936. The van der Waals surface area contributed by atoms with E-state index in [0.29, 0.717) is 23.6 Å². The molecule has 1 N–H and O–H groups in total. The lowest BCUT2D eigenvalue weighted by Crippen LogP contribution is -2.21. The van der Waals surface area contributed by atoms with Gasteiger partial charge in [0.05, 0.1) is 12.2 Å². The fraction of sp³-hybridized carbons (Fsp3) is 0.130. The van der Waals surface area contributed by atoms with Gasteiger partial charge in [-0.25, -0.2) is 4.79 Å². The van der Waals surface area contributed by atoms with Crippen LogP contribution < -0.4 is 10.1 Å². The summed E-state index contributed by atoms with van der Waals surface area (Å²) in [6.07, 6.45) is 0. The van der Waals surface area contributed by atoms with Crippen molar-refractivity contribution in [3.05, 3.63) is 84.4 Å². The highest BCUT2D eigenvalue weighted by Crippen LogP contribution is 2.27. The van der Waals surface area contributed by atoms with Crippen molar-refractivity contribution < 1.29 is 19.1 Å². The number of hydrogen-bond acceptors (Lipinski definition) is 4. The highest BCUT2D eigenvalue weighted by Gasteiger charge is 2.12. The van der Waals surface area contributed by atoms with Crippen LogP contribution in [0.15, 0.2) is 78.9 Å². The molecule has 5 nitrogen and oxygen atoms in total. The zero-order chi connectivity index (χ0) is 19.8. The molecular weight excluding hydrogens is 354 g/mol. The first-order valence-corrected chi connectivity index (χ1v) is 9.01. The minimum Gasteiger partial charge on any atom is -0.494 e. The van der Waals surface area contributed by atoms with E-state index >= 15 is 0 Å². The van der Waals surface area contributed by atoms with Crippen LogP contribution >= 0.6 is 0 Å². The Hall–Kier alpha value is -3.60. The average molecular weight is 375 g/mol. The molecule has 0 aliphatic carbocycles. The van der Waals surface area contributed by atoms with Crippen LogP contribution in [0.2, 0.25) is 0 Å². The van der Waals surface area contributed by atoms with Gasteiger partial charge in [-0.2, -0.15) is 0 Å². The fourth-order valence-electron chi connectivity index (χ4n) is 2.72. The largest absolute Gasteiger partial charge is 0.494 e. The molecule has 0 spiro atoms. The van der Waals surface area contributed by atoms with Crippen LogP contribution in [0.25, 0.3) is 11.1 Å². The summed E-state index contributed by atoms with van der Waals surface area (Å²) in [5, 5.41) is 2.81. The van der Waals surface area contributed by atoms with Gasteiger partial charge in [0.15, 0.2) is 6.61 Å². The van der Waals surface area contributed by atoms with Gasteiger partial charge in [0.1, 0.15) is 5.75 Å². The van der Waals surface area contributed by atoms with Crippen molar-refractivity contribution in [3.63, 3.8) is 0 Å². The van der Waals surface area contributed by atoms with Gasteiger partial charge in [-0.3, -0.25) is 4.79 Å². The van der Waals surface area contributed by atoms with E-state index in [-0.39, 0.29) is 6.61 Å². The molecule has 28 heavy (non-hydrogen) atoms. The lowest BCUT2D eigenvalue weighted by atomic mass is 10.0. The zero-order valence-corrected chi connectivity index (χ0v) is 15.6. The summed E-state index contributed by atoms with van der Waals surface area (Å²) in [5.41, 5.74) is 2.91. The van der Waals surface area contributed by atoms with E-state index in [1.807, 2.05) is 61.5 Å². The van der Waals surface area contributed by atoms with Gasteiger partial charge < -0.3 is 14.8 Å². The molecule has 3 aromatic rings. The normalized spacial score (nSPS) is 10.2. The van der Waals surface area contributed by atoms with Crippen LogP contribution in [0.1, 0.15) is 17.3 Å². The van der Waals surface area contributed by atoms with Crippen LogP contribution in [0.5, 0.6) is 5.75 Å². The first kappa shape index (κ1) is 19.2. The second kappa shape index (κ2) is 9.37. The van der Waals surface area contributed by atoms with Gasteiger partial charge in [0.25, 0.3) is 5.91 Å². The molecule has 3 aromatic carbocycles. The topological polar surface area (TPSA) is 64.6 Å². The summed E-state index contributed by atoms with van der Waals surface area (Å²) < 4.78 is 10.5. The van der Waals surface area contributed by atoms with Gasteiger partial charge in [0, 0.05) is 11.3 Å². The summed E-state index contributed by atoms with van der Waals surface area (Å²) in [4.78, 5) is 24.4. The molecule has 0 saturated heterocycles. The molecule has 3 rings (SSSR count). The monoisotopic (exact) mass is 375 g/mol. The van der Waals surface area contributed by atoms with Crippen molar-refractivity contribution in [2.24, 2.45) is 0 Å². The van der Waals surface area contributed by atoms with Crippen molar-refractivity contribution in [2.45, 2.75) is 6.92 Å². The SMILES string of the molecule is CCOc1ccc(C(=O)OCC(=O)Nc2ccccc2-c2ccccc2)cc1. The van der Waals surface area contributed by atoms with Crippen molar-refractivity contribution in [3.8, 4) is 16.9 Å². The van der Waals surface area contributed by atoms with E-state index in [9.17, 15) is 9.59 Å². The Morgan fingerprint density at radius 2 is 1.54 bits per heavy atom. The number of para-hydroxylation sites is 1. The molecule has 1 amide bonds. The summed E-state index contributed by atoms with van der Waals surface area (Å²) in [6, 6.07) is 23.8. The molecule has 0 heterocycles. The molecule has 0 radical (unpaired) electrons. The van der Waals surface area contributed by atoms with Crippen LogP contribution in [-0.2, 0) is 9.53 Å². The first-order chi connectivity index (χ1) is 13.7. The van der Waals surface area contributed by atoms with Crippen LogP contribution in [-0.4, -0.2) is 25.1 Å². The van der Waals surface area contributed by atoms with Gasteiger partial charge in [0.2, 0.25) is 0 Å². The number of esters is 1. The first-order valence-electron chi connectivity index (χ1n) is 9.01. The molecule has 142 valence electrons. The number of rotatable bonds is 7. The second-order valence-corrected chi connectivity index (χ2v) is 5.99. The Morgan fingerprint density at radius 3 is 2.25 bits per heavy atom. The van der Waals surface area contributed by atoms with Gasteiger partial charge in [-0.05, 0) is 42.8 Å². The molecule has 0 aromatic heterocycles. The molecule has 0 aliphatic heterocycles. The molecule has 0 fully saturated rings. The van der Waals surface area contributed by atoms with E-state index < -0.39 is 11.9 Å². The standard InChI is InChI=1S/C23H21NO4/c1-2-27-19-14-12-18(13-15-19)23(26)28-16-22(25)24-21-11-7-6-10-20(21)17-8-4-3-5-9-17/h3-15H,2,16H2,1H3,(H,24,25). The third kappa shape index (κ3) is 4.98. The number of amides is 1. The lowest BCUT2D eigenvalue weighted by Gasteiger charge is -2.11. The number of anilines is 1. The maximum atomic E-state index is 12.3. The van der Waals surface area contributed by atoms with Gasteiger partial charge in [-0.15, -0.1) is 0 Å². The number of benzene rings is 3. The Kier molecular flexibility index (Phi) is 6.41. The third-order valence-corrected chi connectivity index (χ3v) is 4.02. The molecule has 0 bridgehead atoms. The predicted molar refractivity (Wildman–Crippen MR) is 108 cm³/mol. The molecule has 0 saturated carbocycles. The van der Waals surface area contributed by atoms with Crippen LogP contribution in [0, 0.1) is 0 Å². The van der Waals surface area contributed by atoms with E-state index in [2.05, 4.69) is 5.32 Å². The Morgan fingerprint density at radius 1 is 0.857 bits per heavy atom. The number of ether oxygens (including phenoxy) is 2. The van der Waals surface area contributed by atoms with E-state index in [1.165, 1.54) is 0 Å². The fourth-order valence-corrected chi connectivity index (χ4v) is 2.72. The van der Waals surface area contributed by atoms with Crippen LogP contribution in [0.3, 0.4) is 0 Å². The highest BCUT2D eigenvalue weighted by atomic mass is 16.5. The van der Waals surface area contributed by atoms with Crippen LogP contribution in [0.4, 0.5) is 5.69 Å². The molecule has 5 heteroatoms. The third-order valence-electron chi connectivity index (χ3n) is 4.02. The molecule has 0 aliphatic rings. The zero-order valence-electron chi connectivity index (χ0n) is 15.6. The quantitative estimate of drug-likeness (QED) is 0.616. The lowest BCUT2D eigenvalue weighted by molar-refractivity contribution is -0.119. The maximum absolute atomic E-state index is 12.3. The second-order valence-electron chi connectivity index (χ2n) is 5.99. The Balaban J connectivity index is 1.60. The van der Waals surface area contributed by atoms with Crippen molar-refractivity contribution >= 4 is 17.6 Å². The van der Waals surface area contributed by atoms with Gasteiger partial charge >= 0.3 is 5.97 Å².